The number of nitrogens with one attached hydrogen (secondary N) is 1. The molecule has 140 valence electrons. The zero-order valence-corrected chi connectivity index (χ0v) is 16.6. The number of carbonyl (C=O) groups excluding carboxylic acids is 1. The summed E-state index contributed by atoms with van der Waals surface area (Å²) in [6.45, 7) is 5.56. The van der Waals surface area contributed by atoms with Crippen molar-refractivity contribution in [2.45, 2.75) is 31.0 Å². The van der Waals surface area contributed by atoms with Gasteiger partial charge in [0, 0.05) is 22.8 Å². The average Bonchev–Trinajstić information content (AvgIpc) is 2.99. The Morgan fingerprint density at radius 3 is 2.63 bits per heavy atom. The smallest absolute Gasteiger partial charge is 0.298 e. The van der Waals surface area contributed by atoms with E-state index in [0.717, 1.165) is 22.9 Å². The van der Waals surface area contributed by atoms with Crippen molar-refractivity contribution in [3.63, 3.8) is 0 Å². The van der Waals surface area contributed by atoms with Crippen LogP contribution in [0.5, 0.6) is 5.95 Å². The van der Waals surface area contributed by atoms with Crippen molar-refractivity contribution in [1.29, 1.82) is 0 Å². The Hall–Kier alpha value is -2.51. The van der Waals surface area contributed by atoms with Crippen LogP contribution in [0.1, 0.15) is 18.1 Å². The third-order valence-corrected chi connectivity index (χ3v) is 5.49. The summed E-state index contributed by atoms with van der Waals surface area (Å²) in [7, 11) is 0. The number of carbonyl (C=O) groups is 1. The van der Waals surface area contributed by atoms with Crippen LogP contribution in [0.2, 0.25) is 5.02 Å². The average molecular weight is 404 g/mol. The summed E-state index contributed by atoms with van der Waals surface area (Å²) in [6, 6.07) is 12.8. The van der Waals surface area contributed by atoms with E-state index in [1.807, 2.05) is 44.2 Å². The fraction of sp³-hybridized carbons (Fsp3) is 0.211. The molecule has 1 N–H and O–H groups in total. The zero-order chi connectivity index (χ0) is 19.6. The van der Waals surface area contributed by atoms with Crippen LogP contribution in [0.4, 0.5) is 5.69 Å². The van der Waals surface area contributed by atoms with E-state index in [4.69, 9.17) is 16.1 Å². The molecular weight excluding hydrogens is 386 g/mol. The lowest BCUT2D eigenvalue weighted by molar-refractivity contribution is -0.705. The predicted octanol–water partition coefficient (Wildman–Crippen LogP) is 3.41. The first kappa shape index (κ1) is 19.3. The maximum absolute atomic E-state index is 12.5. The highest BCUT2D eigenvalue weighted by Gasteiger charge is 2.26. The van der Waals surface area contributed by atoms with Gasteiger partial charge in [0.05, 0.1) is 10.5 Å². The van der Waals surface area contributed by atoms with Gasteiger partial charge in [-0.1, -0.05) is 35.4 Å². The van der Waals surface area contributed by atoms with Gasteiger partial charge in [-0.15, -0.1) is 0 Å². The quantitative estimate of drug-likeness (QED) is 0.521. The zero-order valence-electron chi connectivity index (χ0n) is 15.0. The predicted molar refractivity (Wildman–Crippen MR) is 102 cm³/mol. The van der Waals surface area contributed by atoms with E-state index in [1.165, 1.54) is 4.68 Å². The third-order valence-electron chi connectivity index (χ3n) is 3.95. The number of nitrogens with zero attached hydrogens (tertiary/aromatic N) is 2. The highest BCUT2D eigenvalue weighted by molar-refractivity contribution is 8.00. The number of benzene rings is 2. The van der Waals surface area contributed by atoms with Gasteiger partial charge in [0.15, 0.2) is 5.95 Å². The minimum absolute atomic E-state index is 0.239. The summed E-state index contributed by atoms with van der Waals surface area (Å²) in [4.78, 5) is 12.5. The highest BCUT2D eigenvalue weighted by Crippen LogP contribution is 2.28. The Balaban J connectivity index is 1.76. The topological polar surface area (TPSA) is 82.1 Å². The standard InChI is InChI=1S/C19H18ClN3O3S/c1-11-4-8-15(9-5-11)23-18(19(25)26-22-23)27-13(3)17(24)21-14-7-6-12(2)16(20)10-14/h4-10,13H,1-3H3,(H-,21,22,24,25). The largest absolute Gasteiger partial charge is 0.538 e. The summed E-state index contributed by atoms with van der Waals surface area (Å²) in [6.07, 6.45) is 0. The van der Waals surface area contributed by atoms with E-state index < -0.39 is 11.2 Å². The molecule has 1 aromatic heterocycles. The lowest BCUT2D eigenvalue weighted by Crippen LogP contribution is -2.36. The van der Waals surface area contributed by atoms with Gasteiger partial charge in [0.2, 0.25) is 11.6 Å². The second kappa shape index (κ2) is 8.02. The second-order valence-corrected chi connectivity index (χ2v) is 7.86. The summed E-state index contributed by atoms with van der Waals surface area (Å²) in [5, 5.41) is 18.9. The van der Waals surface area contributed by atoms with Gasteiger partial charge in [0.1, 0.15) is 0 Å². The van der Waals surface area contributed by atoms with Gasteiger partial charge in [-0.3, -0.25) is 4.79 Å². The first-order valence-corrected chi connectivity index (χ1v) is 9.50. The van der Waals surface area contributed by atoms with Gasteiger partial charge in [-0.25, -0.2) is 0 Å². The van der Waals surface area contributed by atoms with Gasteiger partial charge in [-0.05, 0) is 54.9 Å². The number of hydrogen-bond acceptors (Lipinski definition) is 5. The van der Waals surface area contributed by atoms with Crippen LogP contribution in [0.15, 0.2) is 52.0 Å². The van der Waals surface area contributed by atoms with E-state index in [2.05, 4.69) is 10.6 Å². The number of hydrogen-bond donors (Lipinski definition) is 1. The molecule has 0 saturated heterocycles. The molecule has 6 nitrogen and oxygen atoms in total. The Labute approximate surface area is 166 Å². The molecule has 0 spiro atoms. The number of aryl methyl sites for hydroxylation is 2. The molecule has 1 unspecified atom stereocenters. The van der Waals surface area contributed by atoms with Crippen LogP contribution >= 0.6 is 23.4 Å². The van der Waals surface area contributed by atoms with Crippen molar-refractivity contribution >= 4 is 35.0 Å². The molecule has 2 aromatic carbocycles. The molecule has 27 heavy (non-hydrogen) atoms. The van der Waals surface area contributed by atoms with Crippen LogP contribution in [0, 0.1) is 13.8 Å². The molecule has 0 aliphatic rings. The van der Waals surface area contributed by atoms with Gasteiger partial charge in [-0.2, -0.15) is 0 Å². The molecule has 8 heteroatoms. The molecular formula is C19H18ClN3O3S. The first-order valence-electron chi connectivity index (χ1n) is 8.25. The Bertz CT molecular complexity index is 973. The number of amides is 1. The Morgan fingerprint density at radius 1 is 1.26 bits per heavy atom. The molecule has 1 heterocycles. The lowest BCUT2D eigenvalue weighted by Gasteiger charge is -2.11. The number of halogens is 1. The fourth-order valence-electron chi connectivity index (χ4n) is 2.32. The molecule has 0 radical (unpaired) electrons. The van der Waals surface area contributed by atoms with Crippen molar-refractivity contribution in [2.24, 2.45) is 0 Å². The third kappa shape index (κ3) is 4.43. The van der Waals surface area contributed by atoms with Crippen LogP contribution < -0.4 is 15.1 Å². The minimum atomic E-state index is -0.585. The fourth-order valence-corrected chi connectivity index (χ4v) is 3.38. The molecule has 0 bridgehead atoms. The second-order valence-electron chi connectivity index (χ2n) is 6.13. The van der Waals surface area contributed by atoms with Crippen LogP contribution in [0.3, 0.4) is 0 Å². The van der Waals surface area contributed by atoms with Crippen molar-refractivity contribution in [3.8, 4) is 11.6 Å². The molecule has 3 aromatic rings. The van der Waals surface area contributed by atoms with Crippen molar-refractivity contribution in [2.75, 3.05) is 5.32 Å². The molecule has 1 amide bonds. The minimum Gasteiger partial charge on any atom is -0.538 e. The van der Waals surface area contributed by atoms with Crippen molar-refractivity contribution in [3.05, 3.63) is 58.6 Å². The number of anilines is 1. The van der Waals surface area contributed by atoms with Gasteiger partial charge >= 0.3 is 0 Å². The van der Waals surface area contributed by atoms with Crippen LogP contribution in [-0.4, -0.2) is 16.4 Å². The van der Waals surface area contributed by atoms with E-state index in [0.29, 0.717) is 16.4 Å². The molecule has 0 aliphatic carbocycles. The SMILES string of the molecule is Cc1ccc(-[n+]2noc([O-])c2SC(C)C(=O)Nc2ccc(C)c(Cl)c2)cc1. The summed E-state index contributed by atoms with van der Waals surface area (Å²) < 4.78 is 6.20. The maximum atomic E-state index is 12.5. The van der Waals surface area contributed by atoms with Gasteiger partial charge in [0.25, 0.3) is 5.03 Å². The summed E-state index contributed by atoms with van der Waals surface area (Å²) >= 11 is 7.18. The molecule has 0 saturated carbocycles. The maximum Gasteiger partial charge on any atom is 0.298 e. The summed E-state index contributed by atoms with van der Waals surface area (Å²) in [5.74, 6) is -0.838. The number of thioether (sulfide) groups is 1. The van der Waals surface area contributed by atoms with Crippen molar-refractivity contribution in [1.82, 2.24) is 5.27 Å². The van der Waals surface area contributed by atoms with Gasteiger partial charge < -0.3 is 14.9 Å². The molecule has 0 aliphatic heterocycles. The van der Waals surface area contributed by atoms with Crippen molar-refractivity contribution < 1.29 is 19.1 Å². The summed E-state index contributed by atoms with van der Waals surface area (Å²) in [5.41, 5.74) is 3.30. The van der Waals surface area contributed by atoms with Crippen LogP contribution in [-0.2, 0) is 4.79 Å². The highest BCUT2D eigenvalue weighted by atomic mass is 35.5. The lowest BCUT2D eigenvalue weighted by atomic mass is 10.2. The van der Waals surface area contributed by atoms with E-state index in [1.54, 1.807) is 19.1 Å². The van der Waals surface area contributed by atoms with E-state index in [9.17, 15) is 9.90 Å². The van der Waals surface area contributed by atoms with E-state index in [-0.39, 0.29) is 10.9 Å². The Kier molecular flexibility index (Phi) is 5.72. The monoisotopic (exact) mass is 403 g/mol. The first-order chi connectivity index (χ1) is 12.8. The molecule has 3 rings (SSSR count). The molecule has 0 fully saturated rings. The van der Waals surface area contributed by atoms with E-state index >= 15 is 0 Å². The number of aromatic nitrogens is 2. The molecule has 1 atom stereocenters. The normalized spacial score (nSPS) is 12.0. The van der Waals surface area contributed by atoms with Crippen LogP contribution in [0.25, 0.3) is 5.69 Å². The Morgan fingerprint density at radius 2 is 1.96 bits per heavy atom. The number of rotatable bonds is 5.